The van der Waals surface area contributed by atoms with E-state index < -0.39 is 0 Å². The summed E-state index contributed by atoms with van der Waals surface area (Å²) in [5, 5.41) is 4.08. The summed E-state index contributed by atoms with van der Waals surface area (Å²) in [6, 6.07) is 6.44. The lowest BCUT2D eigenvalue weighted by Crippen LogP contribution is -2.45. The number of carbonyl (C=O) groups is 1. The van der Waals surface area contributed by atoms with Crippen molar-refractivity contribution in [2.24, 2.45) is 5.92 Å². The van der Waals surface area contributed by atoms with Gasteiger partial charge in [0, 0.05) is 38.0 Å². The third kappa shape index (κ3) is 4.95. The molecule has 152 valence electrons. The van der Waals surface area contributed by atoms with E-state index in [1.807, 2.05) is 18.7 Å². The number of benzene rings is 1. The molecule has 2 aromatic rings. The summed E-state index contributed by atoms with van der Waals surface area (Å²) < 4.78 is 18.5. The Morgan fingerprint density at radius 1 is 1.18 bits per heavy atom. The maximum atomic E-state index is 13.2. The van der Waals surface area contributed by atoms with Crippen LogP contribution in [0.15, 0.2) is 28.8 Å². The Balaban J connectivity index is 1.74. The molecule has 0 saturated carbocycles. The third-order valence-corrected chi connectivity index (χ3v) is 5.19. The van der Waals surface area contributed by atoms with Crippen LogP contribution in [0.25, 0.3) is 0 Å². The predicted molar refractivity (Wildman–Crippen MR) is 104 cm³/mol. The van der Waals surface area contributed by atoms with E-state index in [0.29, 0.717) is 43.7 Å². The third-order valence-electron chi connectivity index (χ3n) is 5.19. The molecule has 0 aliphatic carbocycles. The zero-order valence-corrected chi connectivity index (χ0v) is 17.1. The van der Waals surface area contributed by atoms with Gasteiger partial charge in [0.2, 0.25) is 11.8 Å². The molecule has 1 amide bonds. The van der Waals surface area contributed by atoms with Crippen molar-refractivity contribution in [3.63, 3.8) is 0 Å². The number of hydrogen-bond donors (Lipinski definition) is 0. The molecule has 3 rings (SSSR count). The Labute approximate surface area is 165 Å². The molecule has 0 radical (unpaired) electrons. The van der Waals surface area contributed by atoms with Gasteiger partial charge in [-0.15, -0.1) is 0 Å². The van der Waals surface area contributed by atoms with Gasteiger partial charge in [0.1, 0.15) is 5.82 Å². The monoisotopic (exact) mass is 388 g/mol. The van der Waals surface area contributed by atoms with Gasteiger partial charge in [0.15, 0.2) is 5.82 Å². The molecule has 6 nitrogen and oxygen atoms in total. The highest BCUT2D eigenvalue weighted by atomic mass is 19.1. The first-order chi connectivity index (χ1) is 13.3. The highest BCUT2D eigenvalue weighted by Gasteiger charge is 2.32. The average molecular weight is 388 g/mol. The van der Waals surface area contributed by atoms with Gasteiger partial charge < -0.3 is 9.42 Å². The van der Waals surface area contributed by atoms with Crippen molar-refractivity contribution in [3.8, 4) is 0 Å². The van der Waals surface area contributed by atoms with Crippen molar-refractivity contribution in [3.05, 3.63) is 47.4 Å². The van der Waals surface area contributed by atoms with Gasteiger partial charge in [-0.25, -0.2) is 4.39 Å². The largest absolute Gasteiger partial charge is 0.339 e. The van der Waals surface area contributed by atoms with E-state index in [0.717, 1.165) is 12.1 Å². The topological polar surface area (TPSA) is 62.5 Å². The molecule has 1 atom stereocenters. The maximum absolute atomic E-state index is 13.2. The van der Waals surface area contributed by atoms with Crippen molar-refractivity contribution < 1.29 is 13.7 Å². The summed E-state index contributed by atoms with van der Waals surface area (Å²) in [5.74, 6) is 1.65. The number of rotatable bonds is 6. The first-order valence-corrected chi connectivity index (χ1v) is 9.92. The van der Waals surface area contributed by atoms with Gasteiger partial charge in [0.25, 0.3) is 0 Å². The van der Waals surface area contributed by atoms with E-state index in [2.05, 4.69) is 28.9 Å². The molecule has 0 N–H and O–H groups in total. The van der Waals surface area contributed by atoms with Gasteiger partial charge in [0.05, 0.1) is 6.54 Å². The zero-order chi connectivity index (χ0) is 20.3. The molecule has 1 aromatic heterocycles. The fourth-order valence-corrected chi connectivity index (χ4v) is 3.51. The standard InChI is InChI=1S/C21H29FN4O2/c1-14(2)18-12-25(13-19-23-21(15(3)4)28-24-19)10-9-20(27)26(18)11-16-5-7-17(22)8-6-16/h5-8,14-15,18H,9-13H2,1-4H3/t18-/m1/s1. The van der Waals surface area contributed by atoms with Crippen LogP contribution in [0.5, 0.6) is 0 Å². The zero-order valence-electron chi connectivity index (χ0n) is 17.1. The summed E-state index contributed by atoms with van der Waals surface area (Å²) in [6.45, 7) is 10.8. The van der Waals surface area contributed by atoms with Gasteiger partial charge in [-0.3, -0.25) is 9.69 Å². The molecule has 28 heavy (non-hydrogen) atoms. The Bertz CT molecular complexity index is 788. The number of halogens is 1. The van der Waals surface area contributed by atoms with Crippen molar-refractivity contribution in [2.45, 2.75) is 59.2 Å². The number of carbonyl (C=O) groups excluding carboxylic acids is 1. The highest BCUT2D eigenvalue weighted by Crippen LogP contribution is 2.22. The van der Waals surface area contributed by atoms with E-state index in [9.17, 15) is 9.18 Å². The van der Waals surface area contributed by atoms with E-state index in [1.165, 1.54) is 12.1 Å². The lowest BCUT2D eigenvalue weighted by molar-refractivity contribution is -0.134. The van der Waals surface area contributed by atoms with Crippen LogP contribution < -0.4 is 0 Å². The summed E-state index contributed by atoms with van der Waals surface area (Å²) in [5.41, 5.74) is 0.939. The predicted octanol–water partition coefficient (Wildman–Crippen LogP) is 3.59. The van der Waals surface area contributed by atoms with Crippen molar-refractivity contribution in [2.75, 3.05) is 13.1 Å². The molecular weight excluding hydrogens is 359 g/mol. The minimum Gasteiger partial charge on any atom is -0.339 e. The molecule has 7 heteroatoms. The maximum Gasteiger partial charge on any atom is 0.229 e. The second-order valence-electron chi connectivity index (χ2n) is 8.15. The Morgan fingerprint density at radius 3 is 2.50 bits per heavy atom. The smallest absolute Gasteiger partial charge is 0.229 e. The van der Waals surface area contributed by atoms with E-state index in [4.69, 9.17) is 4.52 Å². The Morgan fingerprint density at radius 2 is 1.89 bits per heavy atom. The number of hydrogen-bond acceptors (Lipinski definition) is 5. The molecule has 1 aromatic carbocycles. The molecule has 1 aliphatic heterocycles. The molecule has 1 saturated heterocycles. The highest BCUT2D eigenvalue weighted by molar-refractivity contribution is 5.77. The molecule has 0 unspecified atom stereocenters. The second-order valence-corrected chi connectivity index (χ2v) is 8.15. The van der Waals surface area contributed by atoms with Crippen molar-refractivity contribution in [1.29, 1.82) is 0 Å². The van der Waals surface area contributed by atoms with Crippen molar-refractivity contribution in [1.82, 2.24) is 19.9 Å². The fraction of sp³-hybridized carbons (Fsp3) is 0.571. The van der Waals surface area contributed by atoms with Crippen LogP contribution in [0, 0.1) is 11.7 Å². The van der Waals surface area contributed by atoms with E-state index in [-0.39, 0.29) is 23.7 Å². The van der Waals surface area contributed by atoms with Crippen LogP contribution in [-0.2, 0) is 17.9 Å². The normalized spacial score (nSPS) is 18.9. The van der Waals surface area contributed by atoms with Crippen molar-refractivity contribution >= 4 is 5.91 Å². The molecule has 1 fully saturated rings. The molecular formula is C21H29FN4O2. The summed E-state index contributed by atoms with van der Waals surface area (Å²) in [4.78, 5) is 21.5. The summed E-state index contributed by atoms with van der Waals surface area (Å²) >= 11 is 0. The fourth-order valence-electron chi connectivity index (χ4n) is 3.51. The minimum absolute atomic E-state index is 0.0662. The molecule has 0 spiro atoms. The van der Waals surface area contributed by atoms with Crippen LogP contribution >= 0.6 is 0 Å². The van der Waals surface area contributed by atoms with Crippen LogP contribution in [0.4, 0.5) is 4.39 Å². The molecule has 2 heterocycles. The lowest BCUT2D eigenvalue weighted by Gasteiger charge is -2.34. The quantitative estimate of drug-likeness (QED) is 0.757. The average Bonchev–Trinajstić information content (AvgIpc) is 3.06. The van der Waals surface area contributed by atoms with Crippen LogP contribution in [-0.4, -0.2) is 45.0 Å². The van der Waals surface area contributed by atoms with Crippen LogP contribution in [0.2, 0.25) is 0 Å². The Hall–Kier alpha value is -2.28. The lowest BCUT2D eigenvalue weighted by atomic mass is 10.0. The van der Waals surface area contributed by atoms with Gasteiger partial charge in [-0.05, 0) is 23.6 Å². The number of aromatic nitrogens is 2. The van der Waals surface area contributed by atoms with E-state index >= 15 is 0 Å². The summed E-state index contributed by atoms with van der Waals surface area (Å²) in [7, 11) is 0. The SMILES string of the molecule is CC(C)c1nc(CN2CCC(=O)N(Cc3ccc(F)cc3)[C@@H](C(C)C)C2)no1. The van der Waals surface area contributed by atoms with Crippen LogP contribution in [0.3, 0.4) is 0 Å². The van der Waals surface area contributed by atoms with E-state index in [1.54, 1.807) is 12.1 Å². The first kappa shape index (κ1) is 20.5. The number of amides is 1. The van der Waals surface area contributed by atoms with Crippen LogP contribution in [0.1, 0.15) is 57.3 Å². The Kier molecular flexibility index (Phi) is 6.44. The number of nitrogens with zero attached hydrogens (tertiary/aromatic N) is 4. The molecule has 0 bridgehead atoms. The summed E-state index contributed by atoms with van der Waals surface area (Å²) in [6.07, 6.45) is 0.444. The van der Waals surface area contributed by atoms with Gasteiger partial charge in [-0.2, -0.15) is 4.98 Å². The second kappa shape index (κ2) is 8.82. The minimum atomic E-state index is -0.265. The first-order valence-electron chi connectivity index (χ1n) is 9.92. The van der Waals surface area contributed by atoms with Gasteiger partial charge >= 0.3 is 0 Å². The van der Waals surface area contributed by atoms with Gasteiger partial charge in [-0.1, -0.05) is 45.0 Å². The molecule has 1 aliphatic rings.